The summed E-state index contributed by atoms with van der Waals surface area (Å²) < 4.78 is 16.7. The molecule has 0 spiro atoms. The van der Waals surface area contributed by atoms with E-state index in [1.54, 1.807) is 18.1 Å². The van der Waals surface area contributed by atoms with Crippen LogP contribution in [0.3, 0.4) is 0 Å². The van der Waals surface area contributed by atoms with Gasteiger partial charge in [0.25, 0.3) is 5.91 Å². The third-order valence-electron chi connectivity index (χ3n) is 5.58. The molecule has 3 aromatic rings. The molecule has 0 N–H and O–H groups in total. The largest absolute Gasteiger partial charge is 0.497 e. The zero-order valence-electron chi connectivity index (χ0n) is 18.8. The van der Waals surface area contributed by atoms with Gasteiger partial charge in [-0.15, -0.1) is 0 Å². The summed E-state index contributed by atoms with van der Waals surface area (Å²) in [5, 5.41) is 0.637. The Kier molecular flexibility index (Phi) is 6.69. The van der Waals surface area contributed by atoms with Gasteiger partial charge in [-0.1, -0.05) is 30.3 Å². The molecule has 0 saturated carbocycles. The topological polar surface area (TPSA) is 67.5 Å². The molecule has 3 heterocycles. The van der Waals surface area contributed by atoms with Crippen LogP contribution < -0.4 is 9.64 Å². The number of anilines is 1. The summed E-state index contributed by atoms with van der Waals surface area (Å²) in [4.78, 5) is 22.6. The molecule has 34 heavy (non-hydrogen) atoms. The van der Waals surface area contributed by atoms with Crippen LogP contribution in [0.1, 0.15) is 11.3 Å². The van der Waals surface area contributed by atoms with Crippen LogP contribution in [0.4, 0.5) is 11.6 Å². The van der Waals surface area contributed by atoms with E-state index < -0.39 is 0 Å². The van der Waals surface area contributed by atoms with Gasteiger partial charge < -0.3 is 18.8 Å². The normalized spacial score (nSPS) is 18.8. The number of morpholine rings is 1. The second-order valence-corrected chi connectivity index (χ2v) is 8.86. The number of furan rings is 1. The minimum absolute atomic E-state index is 0.0974. The van der Waals surface area contributed by atoms with Crippen molar-refractivity contribution in [3.05, 3.63) is 83.0 Å². The van der Waals surface area contributed by atoms with Crippen LogP contribution in [0.25, 0.3) is 6.08 Å². The average Bonchev–Trinajstić information content (AvgIpc) is 3.46. The van der Waals surface area contributed by atoms with Crippen LogP contribution in [0.15, 0.2) is 81.0 Å². The summed E-state index contributed by atoms with van der Waals surface area (Å²) in [7, 11) is 1.64. The van der Waals surface area contributed by atoms with E-state index in [-0.39, 0.29) is 5.91 Å². The van der Waals surface area contributed by atoms with E-state index in [0.29, 0.717) is 35.6 Å². The number of hydrogen-bond donors (Lipinski definition) is 0. The second-order valence-electron chi connectivity index (χ2n) is 7.86. The Morgan fingerprint density at radius 2 is 1.79 bits per heavy atom. The Bertz CT molecular complexity index is 1200. The van der Waals surface area contributed by atoms with E-state index in [1.807, 2.05) is 66.7 Å². The fourth-order valence-electron chi connectivity index (χ4n) is 3.76. The van der Waals surface area contributed by atoms with Gasteiger partial charge in [0.15, 0.2) is 11.1 Å². The first-order valence-corrected chi connectivity index (χ1v) is 11.9. The lowest BCUT2D eigenvalue weighted by Crippen LogP contribution is -2.35. The molecule has 5 rings (SSSR count). The molecule has 0 aliphatic carbocycles. The molecule has 2 saturated heterocycles. The van der Waals surface area contributed by atoms with Gasteiger partial charge in [0.05, 0.1) is 37.5 Å². The third-order valence-corrected chi connectivity index (χ3v) is 6.58. The minimum Gasteiger partial charge on any atom is -0.497 e. The van der Waals surface area contributed by atoms with E-state index in [2.05, 4.69) is 4.90 Å². The summed E-state index contributed by atoms with van der Waals surface area (Å²) in [5.74, 6) is 2.11. The first kappa shape index (κ1) is 22.3. The fourth-order valence-corrected chi connectivity index (χ4v) is 4.74. The van der Waals surface area contributed by atoms with Gasteiger partial charge in [-0.05, 0) is 47.7 Å². The number of rotatable bonds is 6. The number of para-hydroxylation sites is 1. The lowest BCUT2D eigenvalue weighted by Gasteiger charge is -2.26. The van der Waals surface area contributed by atoms with Crippen LogP contribution in [-0.2, 0) is 16.1 Å². The molecular weight excluding hydrogens is 450 g/mol. The molecule has 0 radical (unpaired) electrons. The number of nitrogens with zero attached hydrogens (tertiary/aromatic N) is 3. The summed E-state index contributed by atoms with van der Waals surface area (Å²) in [6, 6.07) is 21.2. The van der Waals surface area contributed by atoms with Crippen LogP contribution >= 0.6 is 11.8 Å². The number of carbonyl (C=O) groups excluding carboxylic acids is 1. The highest BCUT2D eigenvalue weighted by molar-refractivity contribution is 8.18. The standard InChI is InChI=1S/C26H25N3O4S/c1-31-21-9-7-19(8-10-21)18-29-25(30)23(34-26(29)27-20-5-3-2-4-6-20)17-22-11-12-24(33-22)28-13-15-32-16-14-28/h2-12,17H,13-16,18H2,1H3. The molecule has 1 aromatic heterocycles. The number of carbonyl (C=O) groups is 1. The van der Waals surface area contributed by atoms with Crippen molar-refractivity contribution in [2.45, 2.75) is 6.54 Å². The highest BCUT2D eigenvalue weighted by atomic mass is 32.2. The average molecular weight is 476 g/mol. The highest BCUT2D eigenvalue weighted by Crippen LogP contribution is 2.36. The SMILES string of the molecule is COc1ccc(CN2C(=O)C(=Cc3ccc(N4CCOCC4)o3)SC2=Nc2ccccc2)cc1. The Hall–Kier alpha value is -3.49. The highest BCUT2D eigenvalue weighted by Gasteiger charge is 2.34. The van der Waals surface area contributed by atoms with Gasteiger partial charge in [0.2, 0.25) is 0 Å². The molecule has 1 amide bonds. The van der Waals surface area contributed by atoms with Crippen LogP contribution in [0.2, 0.25) is 0 Å². The molecule has 0 unspecified atom stereocenters. The predicted octanol–water partition coefficient (Wildman–Crippen LogP) is 4.93. The van der Waals surface area contributed by atoms with Gasteiger partial charge in [-0.2, -0.15) is 0 Å². The van der Waals surface area contributed by atoms with Crippen molar-refractivity contribution in [1.29, 1.82) is 0 Å². The summed E-state index contributed by atoms with van der Waals surface area (Å²) in [5.41, 5.74) is 1.79. The number of ether oxygens (including phenoxy) is 2. The zero-order valence-corrected chi connectivity index (χ0v) is 19.7. The number of methoxy groups -OCH3 is 1. The molecule has 8 heteroatoms. The van der Waals surface area contributed by atoms with Crippen molar-refractivity contribution in [3.8, 4) is 5.75 Å². The molecule has 2 aliphatic rings. The van der Waals surface area contributed by atoms with Gasteiger partial charge in [0.1, 0.15) is 11.5 Å². The molecule has 2 fully saturated rings. The molecule has 0 bridgehead atoms. The van der Waals surface area contributed by atoms with Crippen molar-refractivity contribution in [2.75, 3.05) is 38.3 Å². The third kappa shape index (κ3) is 5.03. The van der Waals surface area contributed by atoms with Crippen molar-refractivity contribution in [2.24, 2.45) is 4.99 Å². The van der Waals surface area contributed by atoms with Crippen LogP contribution in [-0.4, -0.2) is 49.4 Å². The van der Waals surface area contributed by atoms with Crippen molar-refractivity contribution in [1.82, 2.24) is 4.90 Å². The lowest BCUT2D eigenvalue weighted by molar-refractivity contribution is -0.122. The van der Waals surface area contributed by atoms with Gasteiger partial charge >= 0.3 is 0 Å². The lowest BCUT2D eigenvalue weighted by atomic mass is 10.2. The smallest absolute Gasteiger partial charge is 0.267 e. The number of aliphatic imine (C=N–C) groups is 1. The molecule has 174 valence electrons. The monoisotopic (exact) mass is 475 g/mol. The second kappa shape index (κ2) is 10.2. The molecule has 2 aromatic carbocycles. The zero-order chi connectivity index (χ0) is 23.3. The number of benzene rings is 2. The maximum Gasteiger partial charge on any atom is 0.267 e. The minimum atomic E-state index is -0.0974. The summed E-state index contributed by atoms with van der Waals surface area (Å²) in [6.07, 6.45) is 1.80. The van der Waals surface area contributed by atoms with Crippen LogP contribution in [0.5, 0.6) is 5.75 Å². The number of thioether (sulfide) groups is 1. The maximum atomic E-state index is 13.4. The van der Waals surface area contributed by atoms with Crippen molar-refractivity contribution in [3.63, 3.8) is 0 Å². The van der Waals surface area contributed by atoms with Gasteiger partial charge in [-0.25, -0.2) is 4.99 Å². The summed E-state index contributed by atoms with van der Waals surface area (Å²) >= 11 is 1.36. The molecule has 7 nitrogen and oxygen atoms in total. The fraction of sp³-hybridized carbons (Fsp3) is 0.231. The van der Waals surface area contributed by atoms with E-state index in [4.69, 9.17) is 18.9 Å². The van der Waals surface area contributed by atoms with E-state index in [0.717, 1.165) is 36.0 Å². The van der Waals surface area contributed by atoms with E-state index in [9.17, 15) is 4.79 Å². The maximum absolute atomic E-state index is 13.4. The first-order valence-electron chi connectivity index (χ1n) is 11.1. The number of amides is 1. The quantitative estimate of drug-likeness (QED) is 0.471. The summed E-state index contributed by atoms with van der Waals surface area (Å²) in [6.45, 7) is 3.37. The molecular formula is C26H25N3O4S. The Morgan fingerprint density at radius 1 is 1.03 bits per heavy atom. The van der Waals surface area contributed by atoms with Gasteiger partial charge in [0, 0.05) is 25.2 Å². The first-order chi connectivity index (χ1) is 16.7. The predicted molar refractivity (Wildman–Crippen MR) is 134 cm³/mol. The Morgan fingerprint density at radius 3 is 2.53 bits per heavy atom. The van der Waals surface area contributed by atoms with E-state index >= 15 is 0 Å². The van der Waals surface area contributed by atoms with Crippen molar-refractivity contribution < 1.29 is 18.7 Å². The van der Waals surface area contributed by atoms with E-state index in [1.165, 1.54) is 11.8 Å². The van der Waals surface area contributed by atoms with Crippen LogP contribution in [0, 0.1) is 0 Å². The Labute approximate surface area is 202 Å². The van der Waals surface area contributed by atoms with Gasteiger partial charge in [-0.3, -0.25) is 9.69 Å². The molecule has 2 aliphatic heterocycles. The molecule has 0 atom stereocenters. The Balaban J connectivity index is 1.41. The van der Waals surface area contributed by atoms with Crippen molar-refractivity contribution >= 4 is 40.5 Å². The number of hydrogen-bond acceptors (Lipinski definition) is 7. The number of amidine groups is 1.